The summed E-state index contributed by atoms with van der Waals surface area (Å²) in [5.74, 6) is 0.694. The predicted molar refractivity (Wildman–Crippen MR) is 121 cm³/mol. The van der Waals surface area contributed by atoms with E-state index in [0.29, 0.717) is 35.8 Å². The quantitative estimate of drug-likeness (QED) is 0.619. The highest BCUT2D eigenvalue weighted by Crippen LogP contribution is 2.35. The minimum absolute atomic E-state index is 0.251. The van der Waals surface area contributed by atoms with Crippen LogP contribution in [-0.4, -0.2) is 28.1 Å². The molecule has 1 aliphatic rings. The number of rotatable bonds is 5. The Hall–Kier alpha value is -3.52. The molecule has 0 radical (unpaired) electrons. The van der Waals surface area contributed by atoms with Crippen molar-refractivity contribution in [3.8, 4) is 5.75 Å². The molecule has 2 amide bonds. The molecule has 4 rings (SSSR count). The van der Waals surface area contributed by atoms with E-state index in [1.54, 1.807) is 67.8 Å². The van der Waals surface area contributed by atoms with Crippen molar-refractivity contribution in [2.75, 3.05) is 28.6 Å². The molecule has 31 heavy (non-hydrogen) atoms. The van der Waals surface area contributed by atoms with Crippen LogP contribution in [0.5, 0.6) is 5.75 Å². The molecule has 0 aliphatic carbocycles. The Balaban J connectivity index is 1.52. The second-order valence-electron chi connectivity index (χ2n) is 7.29. The second kappa shape index (κ2) is 8.31. The lowest BCUT2D eigenvalue weighted by molar-refractivity contribution is 0.262. The van der Waals surface area contributed by atoms with Crippen LogP contribution in [0.15, 0.2) is 71.6 Å². The number of benzene rings is 3. The Bertz CT molecular complexity index is 1210. The Kier molecular flexibility index (Phi) is 5.56. The summed E-state index contributed by atoms with van der Waals surface area (Å²) in [6.07, 6.45) is 0.624. The minimum atomic E-state index is -3.68. The maximum Gasteiger partial charge on any atom is 0.323 e. The molecule has 0 unspecified atom stereocenters. The fourth-order valence-electron chi connectivity index (χ4n) is 3.48. The van der Waals surface area contributed by atoms with Gasteiger partial charge in [-0.25, -0.2) is 13.2 Å². The fraction of sp³-hybridized carbons (Fsp3) is 0.174. The highest BCUT2D eigenvalue weighted by atomic mass is 32.2. The number of methoxy groups -OCH3 is 1. The number of amides is 2. The first-order chi connectivity index (χ1) is 14.9. The smallest absolute Gasteiger partial charge is 0.323 e. The maximum atomic E-state index is 13.2. The zero-order valence-corrected chi connectivity index (χ0v) is 18.1. The van der Waals surface area contributed by atoms with E-state index >= 15 is 0 Å². The minimum Gasteiger partial charge on any atom is -0.497 e. The number of nitrogens with zero attached hydrogens (tertiary/aromatic N) is 1. The number of anilines is 3. The average molecular weight is 438 g/mol. The van der Waals surface area contributed by atoms with Gasteiger partial charge >= 0.3 is 6.03 Å². The molecule has 0 aromatic heterocycles. The number of hydrogen-bond donors (Lipinski definition) is 2. The summed E-state index contributed by atoms with van der Waals surface area (Å²) in [6.45, 7) is 2.28. The van der Waals surface area contributed by atoms with Gasteiger partial charge in [0.1, 0.15) is 5.75 Å². The van der Waals surface area contributed by atoms with Crippen LogP contribution in [0.3, 0.4) is 0 Å². The molecule has 0 bridgehead atoms. The molecule has 3 aromatic carbocycles. The molecule has 8 heteroatoms. The van der Waals surface area contributed by atoms with Gasteiger partial charge in [-0.2, -0.15) is 0 Å². The topological polar surface area (TPSA) is 87.7 Å². The molecule has 2 N–H and O–H groups in total. The van der Waals surface area contributed by atoms with Gasteiger partial charge in [-0.05, 0) is 67.4 Å². The third-order valence-electron chi connectivity index (χ3n) is 5.15. The number of ether oxygens (including phenoxy) is 1. The summed E-state index contributed by atoms with van der Waals surface area (Å²) in [7, 11) is -2.10. The number of carbonyl (C=O) groups excluding carboxylic acids is 1. The normalized spacial score (nSPS) is 12.9. The maximum absolute atomic E-state index is 13.2. The Morgan fingerprint density at radius 2 is 1.58 bits per heavy atom. The van der Waals surface area contributed by atoms with Crippen molar-refractivity contribution in [1.82, 2.24) is 0 Å². The van der Waals surface area contributed by atoms with E-state index in [1.165, 1.54) is 4.31 Å². The number of hydrogen-bond acceptors (Lipinski definition) is 4. The zero-order chi connectivity index (χ0) is 22.0. The van der Waals surface area contributed by atoms with E-state index in [2.05, 4.69) is 10.6 Å². The van der Waals surface area contributed by atoms with Gasteiger partial charge in [-0.1, -0.05) is 23.8 Å². The SMILES string of the molecule is COc1ccc(NC(=O)Nc2ccc3c(c2)N(S(=O)(=O)c2ccc(C)cc2)CC3)cc1. The van der Waals surface area contributed by atoms with Crippen LogP contribution >= 0.6 is 0 Å². The number of nitrogens with one attached hydrogen (secondary N) is 2. The van der Waals surface area contributed by atoms with Crippen molar-refractivity contribution < 1.29 is 17.9 Å². The average Bonchev–Trinajstić information content (AvgIpc) is 3.18. The van der Waals surface area contributed by atoms with Gasteiger partial charge in [0.05, 0.1) is 17.7 Å². The molecule has 1 aliphatic heterocycles. The van der Waals surface area contributed by atoms with Gasteiger partial charge in [0.2, 0.25) is 0 Å². The molecular weight excluding hydrogens is 414 g/mol. The number of aryl methyl sites for hydroxylation is 1. The molecule has 7 nitrogen and oxygen atoms in total. The third-order valence-corrected chi connectivity index (χ3v) is 6.98. The number of urea groups is 1. The van der Waals surface area contributed by atoms with Gasteiger partial charge in [0, 0.05) is 17.9 Å². The van der Waals surface area contributed by atoms with Crippen molar-refractivity contribution >= 4 is 33.1 Å². The van der Waals surface area contributed by atoms with E-state index in [0.717, 1.165) is 11.1 Å². The van der Waals surface area contributed by atoms with Gasteiger partial charge < -0.3 is 15.4 Å². The van der Waals surface area contributed by atoms with Gasteiger partial charge in [-0.3, -0.25) is 4.31 Å². The van der Waals surface area contributed by atoms with Crippen molar-refractivity contribution in [1.29, 1.82) is 0 Å². The number of fused-ring (bicyclic) bond motifs is 1. The van der Waals surface area contributed by atoms with Gasteiger partial charge in [0.15, 0.2) is 0 Å². The van der Waals surface area contributed by atoms with Crippen LogP contribution in [0.1, 0.15) is 11.1 Å². The summed E-state index contributed by atoms with van der Waals surface area (Å²) in [5.41, 5.74) is 3.63. The summed E-state index contributed by atoms with van der Waals surface area (Å²) in [6, 6.07) is 18.7. The second-order valence-corrected chi connectivity index (χ2v) is 9.15. The summed E-state index contributed by atoms with van der Waals surface area (Å²) in [4.78, 5) is 12.6. The lowest BCUT2D eigenvalue weighted by Crippen LogP contribution is -2.29. The molecule has 0 fully saturated rings. The molecule has 0 saturated heterocycles. The van der Waals surface area contributed by atoms with E-state index in [9.17, 15) is 13.2 Å². The Morgan fingerprint density at radius 3 is 2.26 bits per heavy atom. The largest absolute Gasteiger partial charge is 0.497 e. The van der Waals surface area contributed by atoms with Crippen LogP contribution in [0.25, 0.3) is 0 Å². The van der Waals surface area contributed by atoms with Crippen LogP contribution in [0.4, 0.5) is 21.9 Å². The Morgan fingerprint density at radius 1 is 0.935 bits per heavy atom. The van der Waals surface area contributed by atoms with Crippen LogP contribution in [0, 0.1) is 6.92 Å². The summed E-state index contributed by atoms with van der Waals surface area (Å²) in [5, 5.41) is 5.51. The van der Waals surface area contributed by atoms with E-state index in [4.69, 9.17) is 4.74 Å². The highest BCUT2D eigenvalue weighted by Gasteiger charge is 2.31. The molecule has 1 heterocycles. The van der Waals surface area contributed by atoms with E-state index < -0.39 is 16.1 Å². The number of carbonyl (C=O) groups is 1. The summed E-state index contributed by atoms with van der Waals surface area (Å²) < 4.78 is 32.8. The molecule has 160 valence electrons. The third kappa shape index (κ3) is 4.34. The molecule has 0 saturated carbocycles. The Labute approximate surface area is 181 Å². The van der Waals surface area contributed by atoms with Crippen molar-refractivity contribution in [3.05, 3.63) is 77.9 Å². The highest BCUT2D eigenvalue weighted by molar-refractivity contribution is 7.92. The molecule has 3 aromatic rings. The molecular formula is C23H23N3O4S. The van der Waals surface area contributed by atoms with E-state index in [-0.39, 0.29) is 4.90 Å². The van der Waals surface area contributed by atoms with Gasteiger partial charge in [-0.15, -0.1) is 0 Å². The monoisotopic (exact) mass is 437 g/mol. The van der Waals surface area contributed by atoms with Crippen LogP contribution in [0.2, 0.25) is 0 Å². The zero-order valence-electron chi connectivity index (χ0n) is 17.3. The lowest BCUT2D eigenvalue weighted by Gasteiger charge is -2.20. The summed E-state index contributed by atoms with van der Waals surface area (Å²) >= 11 is 0. The lowest BCUT2D eigenvalue weighted by atomic mass is 10.1. The molecule has 0 spiro atoms. The first-order valence-corrected chi connectivity index (χ1v) is 11.3. The predicted octanol–water partition coefficient (Wildman–Crippen LogP) is 4.40. The van der Waals surface area contributed by atoms with E-state index in [1.807, 2.05) is 13.0 Å². The first-order valence-electron chi connectivity index (χ1n) is 9.81. The fourth-order valence-corrected chi connectivity index (χ4v) is 4.98. The van der Waals surface area contributed by atoms with Crippen molar-refractivity contribution in [2.24, 2.45) is 0 Å². The van der Waals surface area contributed by atoms with Crippen molar-refractivity contribution in [3.63, 3.8) is 0 Å². The van der Waals surface area contributed by atoms with Crippen molar-refractivity contribution in [2.45, 2.75) is 18.2 Å². The molecule has 0 atom stereocenters. The van der Waals surface area contributed by atoms with Crippen LogP contribution in [-0.2, 0) is 16.4 Å². The van der Waals surface area contributed by atoms with Crippen LogP contribution < -0.4 is 19.7 Å². The number of sulfonamides is 1. The standard InChI is InChI=1S/C23H23N3O4S/c1-16-3-11-21(12-4-16)31(28,29)26-14-13-17-5-6-19(15-22(17)26)25-23(27)24-18-7-9-20(30-2)10-8-18/h3-12,15H,13-14H2,1-2H3,(H2,24,25,27). The first kappa shape index (κ1) is 20.7. The van der Waals surface area contributed by atoms with Gasteiger partial charge in [0.25, 0.3) is 10.0 Å².